The first kappa shape index (κ1) is 12.3. The molecule has 0 bridgehead atoms. The first-order chi connectivity index (χ1) is 8.22. The Bertz CT molecular complexity index is 488. The summed E-state index contributed by atoms with van der Waals surface area (Å²) in [5.41, 5.74) is 3.69. The molecule has 4 heteroatoms. The Morgan fingerprint density at radius 3 is 2.65 bits per heavy atom. The summed E-state index contributed by atoms with van der Waals surface area (Å²) in [5, 5.41) is 7.51. The van der Waals surface area contributed by atoms with Gasteiger partial charge in [0.25, 0.3) is 0 Å². The van der Waals surface area contributed by atoms with Crippen LogP contribution in [0.15, 0.2) is 34.9 Å². The average Bonchev–Trinajstić information content (AvgIpc) is 2.69. The van der Waals surface area contributed by atoms with Crippen molar-refractivity contribution in [3.05, 3.63) is 40.5 Å². The van der Waals surface area contributed by atoms with E-state index in [1.54, 1.807) is 0 Å². The molecule has 1 aromatic carbocycles. The van der Waals surface area contributed by atoms with Crippen molar-refractivity contribution in [1.29, 1.82) is 0 Å². The van der Waals surface area contributed by atoms with Crippen molar-refractivity contribution >= 4 is 15.9 Å². The molecule has 17 heavy (non-hydrogen) atoms. The highest BCUT2D eigenvalue weighted by atomic mass is 79.9. The van der Waals surface area contributed by atoms with E-state index < -0.39 is 0 Å². The summed E-state index contributed by atoms with van der Waals surface area (Å²) in [5.74, 6) is 0. The summed E-state index contributed by atoms with van der Waals surface area (Å²) in [6.45, 7) is 0.967. The molecule has 1 aromatic heterocycles. The molecule has 2 aromatic rings. The number of aryl methyl sites for hydroxylation is 1. The van der Waals surface area contributed by atoms with Gasteiger partial charge in [0.1, 0.15) is 0 Å². The van der Waals surface area contributed by atoms with Gasteiger partial charge in [-0.3, -0.25) is 4.68 Å². The lowest BCUT2D eigenvalue weighted by Crippen LogP contribution is -2.10. The molecule has 0 fully saturated rings. The number of halogens is 1. The summed E-state index contributed by atoms with van der Waals surface area (Å²) in [7, 11) is 3.95. The number of nitrogens with one attached hydrogen (secondary N) is 1. The van der Waals surface area contributed by atoms with Gasteiger partial charge in [-0.1, -0.05) is 28.1 Å². The summed E-state index contributed by atoms with van der Waals surface area (Å²) < 4.78 is 3.04. The zero-order valence-electron chi connectivity index (χ0n) is 10.1. The van der Waals surface area contributed by atoms with Gasteiger partial charge in [0, 0.05) is 17.1 Å². The maximum absolute atomic E-state index is 4.35. The molecular weight excluding hydrogens is 278 g/mol. The Morgan fingerprint density at radius 2 is 2.00 bits per heavy atom. The third-order valence-corrected chi connectivity index (χ3v) is 3.31. The molecule has 0 unspecified atom stereocenters. The average molecular weight is 294 g/mol. The highest BCUT2D eigenvalue weighted by Crippen LogP contribution is 2.24. The van der Waals surface area contributed by atoms with Crippen LogP contribution in [0.25, 0.3) is 11.3 Å². The quantitative estimate of drug-likeness (QED) is 0.939. The molecule has 3 nitrogen and oxygen atoms in total. The van der Waals surface area contributed by atoms with E-state index in [1.807, 2.05) is 25.0 Å². The largest absolute Gasteiger partial charge is 0.319 e. The third kappa shape index (κ3) is 2.76. The number of likely N-dealkylation sites (N-methyl/N-ethyl adjacent to an activating group) is 1. The number of hydrogen-bond donors (Lipinski definition) is 1. The van der Waals surface area contributed by atoms with Gasteiger partial charge in [-0.2, -0.15) is 5.10 Å². The standard InChI is InChI=1S/C13H16BrN3/c1-15-8-7-11-9-16-17(2)13(11)10-3-5-12(14)6-4-10/h3-6,9,15H,7-8H2,1-2H3. The SMILES string of the molecule is CNCCc1cnn(C)c1-c1ccc(Br)cc1. The number of hydrogen-bond acceptors (Lipinski definition) is 2. The van der Waals surface area contributed by atoms with Crippen LogP contribution in [0.3, 0.4) is 0 Å². The Kier molecular flexibility index (Phi) is 3.97. The molecule has 0 aliphatic heterocycles. The van der Waals surface area contributed by atoms with Crippen molar-refractivity contribution in [3.8, 4) is 11.3 Å². The van der Waals surface area contributed by atoms with Crippen LogP contribution in [0.4, 0.5) is 0 Å². The van der Waals surface area contributed by atoms with Crippen molar-refractivity contribution < 1.29 is 0 Å². The Morgan fingerprint density at radius 1 is 1.29 bits per heavy atom. The number of aromatic nitrogens is 2. The topological polar surface area (TPSA) is 29.9 Å². The normalized spacial score (nSPS) is 10.8. The summed E-state index contributed by atoms with van der Waals surface area (Å²) in [4.78, 5) is 0. The summed E-state index contributed by atoms with van der Waals surface area (Å²) in [6.07, 6.45) is 2.95. The van der Waals surface area contributed by atoms with Crippen molar-refractivity contribution in [1.82, 2.24) is 15.1 Å². The van der Waals surface area contributed by atoms with Gasteiger partial charge in [-0.15, -0.1) is 0 Å². The number of nitrogens with zero attached hydrogens (tertiary/aromatic N) is 2. The van der Waals surface area contributed by atoms with E-state index in [0.29, 0.717) is 0 Å². The third-order valence-electron chi connectivity index (χ3n) is 2.78. The second kappa shape index (κ2) is 5.47. The van der Waals surface area contributed by atoms with Crippen LogP contribution < -0.4 is 5.32 Å². The van der Waals surface area contributed by atoms with Crippen LogP contribution in [0.5, 0.6) is 0 Å². The van der Waals surface area contributed by atoms with Crippen molar-refractivity contribution in [2.75, 3.05) is 13.6 Å². The van der Waals surface area contributed by atoms with E-state index in [0.717, 1.165) is 17.4 Å². The fourth-order valence-electron chi connectivity index (χ4n) is 1.91. The highest BCUT2D eigenvalue weighted by molar-refractivity contribution is 9.10. The molecule has 0 spiro atoms. The summed E-state index contributed by atoms with van der Waals surface area (Å²) in [6, 6.07) is 8.35. The second-order valence-corrected chi connectivity index (χ2v) is 4.92. The van der Waals surface area contributed by atoms with Crippen LogP contribution in [-0.4, -0.2) is 23.4 Å². The van der Waals surface area contributed by atoms with Gasteiger partial charge in [0.15, 0.2) is 0 Å². The highest BCUT2D eigenvalue weighted by Gasteiger charge is 2.10. The molecule has 0 aliphatic carbocycles. The Labute approximate surface area is 110 Å². The number of rotatable bonds is 4. The zero-order chi connectivity index (χ0) is 12.3. The van der Waals surface area contributed by atoms with Crippen molar-refractivity contribution in [3.63, 3.8) is 0 Å². The fraction of sp³-hybridized carbons (Fsp3) is 0.308. The first-order valence-corrected chi connectivity index (χ1v) is 6.43. The van der Waals surface area contributed by atoms with Crippen molar-refractivity contribution in [2.45, 2.75) is 6.42 Å². The Balaban J connectivity index is 2.36. The maximum Gasteiger partial charge on any atom is 0.0711 e. The first-order valence-electron chi connectivity index (χ1n) is 5.64. The predicted molar refractivity (Wildman–Crippen MR) is 74.0 cm³/mol. The fourth-order valence-corrected chi connectivity index (χ4v) is 2.17. The van der Waals surface area contributed by atoms with Gasteiger partial charge >= 0.3 is 0 Å². The minimum atomic E-state index is 0.967. The number of benzene rings is 1. The van der Waals surface area contributed by atoms with Gasteiger partial charge in [0.2, 0.25) is 0 Å². The van der Waals surface area contributed by atoms with Crippen LogP contribution >= 0.6 is 15.9 Å². The molecule has 0 atom stereocenters. The lowest BCUT2D eigenvalue weighted by molar-refractivity contribution is 0.772. The lowest BCUT2D eigenvalue weighted by atomic mass is 10.1. The monoisotopic (exact) mass is 293 g/mol. The van der Waals surface area contributed by atoms with Gasteiger partial charge in [0.05, 0.1) is 11.9 Å². The van der Waals surface area contributed by atoms with E-state index in [4.69, 9.17) is 0 Å². The van der Waals surface area contributed by atoms with Crippen LogP contribution in [0.1, 0.15) is 5.56 Å². The molecule has 1 N–H and O–H groups in total. The molecule has 2 rings (SSSR count). The molecule has 0 saturated heterocycles. The van der Waals surface area contributed by atoms with E-state index in [1.165, 1.54) is 16.8 Å². The molecule has 0 aliphatic rings. The molecule has 1 heterocycles. The molecule has 0 radical (unpaired) electrons. The molecule has 90 valence electrons. The van der Waals surface area contributed by atoms with E-state index in [9.17, 15) is 0 Å². The van der Waals surface area contributed by atoms with E-state index in [2.05, 4.69) is 50.6 Å². The van der Waals surface area contributed by atoms with Crippen LogP contribution in [-0.2, 0) is 13.5 Å². The molecular formula is C13H16BrN3. The van der Waals surface area contributed by atoms with Crippen LogP contribution in [0.2, 0.25) is 0 Å². The smallest absolute Gasteiger partial charge is 0.0711 e. The minimum Gasteiger partial charge on any atom is -0.319 e. The van der Waals surface area contributed by atoms with E-state index >= 15 is 0 Å². The van der Waals surface area contributed by atoms with Gasteiger partial charge < -0.3 is 5.32 Å². The van der Waals surface area contributed by atoms with E-state index in [-0.39, 0.29) is 0 Å². The summed E-state index contributed by atoms with van der Waals surface area (Å²) >= 11 is 3.46. The van der Waals surface area contributed by atoms with Gasteiger partial charge in [-0.25, -0.2) is 0 Å². The molecule has 0 saturated carbocycles. The lowest BCUT2D eigenvalue weighted by Gasteiger charge is -2.06. The van der Waals surface area contributed by atoms with Gasteiger partial charge in [-0.05, 0) is 37.7 Å². The predicted octanol–water partition coefficient (Wildman–Crippen LogP) is 2.61. The Hall–Kier alpha value is -1.13. The zero-order valence-corrected chi connectivity index (χ0v) is 11.7. The van der Waals surface area contributed by atoms with Crippen molar-refractivity contribution in [2.24, 2.45) is 7.05 Å². The maximum atomic E-state index is 4.35. The second-order valence-electron chi connectivity index (χ2n) is 4.00. The van der Waals surface area contributed by atoms with Crippen LogP contribution in [0, 0.1) is 0 Å². The molecule has 0 amide bonds. The minimum absolute atomic E-state index is 0.967.